The van der Waals surface area contributed by atoms with Crippen LogP contribution in [0.4, 0.5) is 5.82 Å². The average molecular weight is 275 g/mol. The van der Waals surface area contributed by atoms with Crippen LogP contribution < -0.4 is 10.5 Å². The number of hydrogen-bond donors (Lipinski definition) is 2. The molecule has 7 nitrogen and oxygen atoms in total. The lowest BCUT2D eigenvalue weighted by Gasteiger charge is -2.40. The highest BCUT2D eigenvalue weighted by Gasteiger charge is 2.38. The van der Waals surface area contributed by atoms with E-state index in [-0.39, 0.29) is 21.9 Å². The number of anilines is 1. The lowest BCUT2D eigenvalue weighted by Crippen LogP contribution is -2.50. The third-order valence-corrected chi connectivity index (χ3v) is 4.86. The summed E-state index contributed by atoms with van der Waals surface area (Å²) in [4.78, 5) is -0.0750. The molecule has 1 aromatic heterocycles. The Hall–Kier alpha value is -1.12. The smallest absolute Gasteiger partial charge is 0.247 e. The number of aryl methyl sites for hydroxylation is 1. The van der Waals surface area contributed by atoms with Crippen LogP contribution in [0.5, 0.6) is 0 Å². The molecule has 8 heteroatoms. The molecule has 102 valence electrons. The normalized spacial score (nSPS) is 18.6. The SMILES string of the molecule is CCC1(CNS(=O)(=O)c2c(N)noc2C)COC1. The van der Waals surface area contributed by atoms with Crippen LogP contribution in [0.15, 0.2) is 9.42 Å². The number of hydrogen-bond acceptors (Lipinski definition) is 6. The summed E-state index contributed by atoms with van der Waals surface area (Å²) in [5.74, 6) is 0.0748. The van der Waals surface area contributed by atoms with Crippen molar-refractivity contribution < 1.29 is 17.7 Å². The molecule has 0 spiro atoms. The van der Waals surface area contributed by atoms with Crippen molar-refractivity contribution in [2.75, 3.05) is 25.5 Å². The molecule has 0 aliphatic carbocycles. The molecule has 0 unspecified atom stereocenters. The Bertz CT molecular complexity index is 508. The predicted octanol–water partition coefficient (Wildman–Crippen LogP) is 0.270. The molecule has 0 atom stereocenters. The van der Waals surface area contributed by atoms with Crippen molar-refractivity contribution in [2.45, 2.75) is 25.2 Å². The molecule has 1 aromatic rings. The zero-order valence-electron chi connectivity index (χ0n) is 10.4. The number of ether oxygens (including phenoxy) is 1. The quantitative estimate of drug-likeness (QED) is 0.798. The van der Waals surface area contributed by atoms with E-state index in [2.05, 4.69) is 9.88 Å². The van der Waals surface area contributed by atoms with Crippen LogP contribution in [0.1, 0.15) is 19.1 Å². The van der Waals surface area contributed by atoms with E-state index in [1.807, 2.05) is 6.92 Å². The Balaban J connectivity index is 2.13. The monoisotopic (exact) mass is 275 g/mol. The largest absolute Gasteiger partial charge is 0.380 e. The van der Waals surface area contributed by atoms with Gasteiger partial charge in [-0.05, 0) is 13.3 Å². The minimum absolute atomic E-state index is 0.0750. The van der Waals surface area contributed by atoms with Crippen LogP contribution in [0.2, 0.25) is 0 Å². The van der Waals surface area contributed by atoms with Crippen LogP contribution in [0.25, 0.3) is 0 Å². The van der Waals surface area contributed by atoms with Gasteiger partial charge in [0.1, 0.15) is 0 Å². The maximum absolute atomic E-state index is 12.1. The van der Waals surface area contributed by atoms with Crippen molar-refractivity contribution in [3.05, 3.63) is 5.76 Å². The topological polar surface area (TPSA) is 107 Å². The second-order valence-corrected chi connectivity index (χ2v) is 6.33. The Morgan fingerprint density at radius 3 is 2.56 bits per heavy atom. The fourth-order valence-electron chi connectivity index (χ4n) is 1.85. The van der Waals surface area contributed by atoms with Crippen LogP contribution in [-0.2, 0) is 14.8 Å². The molecule has 1 aliphatic heterocycles. The molecule has 3 N–H and O–H groups in total. The molecule has 0 saturated carbocycles. The first-order chi connectivity index (χ1) is 8.40. The third-order valence-electron chi connectivity index (χ3n) is 3.31. The molecule has 0 radical (unpaired) electrons. The maximum Gasteiger partial charge on any atom is 0.247 e. The minimum Gasteiger partial charge on any atom is -0.380 e. The van der Waals surface area contributed by atoms with Crippen LogP contribution in [-0.4, -0.2) is 33.3 Å². The number of nitrogens with two attached hydrogens (primary N) is 1. The molecule has 1 saturated heterocycles. The minimum atomic E-state index is -3.68. The molecule has 0 amide bonds. The van der Waals surface area contributed by atoms with Gasteiger partial charge in [-0.15, -0.1) is 0 Å². The van der Waals surface area contributed by atoms with Gasteiger partial charge in [-0.3, -0.25) is 0 Å². The number of aromatic nitrogens is 1. The van der Waals surface area contributed by atoms with Crippen molar-refractivity contribution in [3.63, 3.8) is 0 Å². The zero-order chi connectivity index (χ0) is 13.4. The van der Waals surface area contributed by atoms with E-state index >= 15 is 0 Å². The zero-order valence-corrected chi connectivity index (χ0v) is 11.2. The molecular weight excluding hydrogens is 258 g/mol. The first-order valence-corrected chi connectivity index (χ1v) is 7.18. The molecule has 0 bridgehead atoms. The van der Waals surface area contributed by atoms with Gasteiger partial charge in [0.15, 0.2) is 16.5 Å². The standard InChI is InChI=1S/C10H17N3O4S/c1-3-10(5-16-6-10)4-12-18(14,15)8-7(2)17-13-9(8)11/h12H,3-6H2,1-2H3,(H2,11,13). The van der Waals surface area contributed by atoms with Crippen molar-refractivity contribution in [2.24, 2.45) is 5.41 Å². The van der Waals surface area contributed by atoms with Crippen molar-refractivity contribution in [1.29, 1.82) is 0 Å². The van der Waals surface area contributed by atoms with Gasteiger partial charge in [0, 0.05) is 12.0 Å². The van der Waals surface area contributed by atoms with E-state index in [9.17, 15) is 8.42 Å². The van der Waals surface area contributed by atoms with Gasteiger partial charge in [-0.25, -0.2) is 13.1 Å². The van der Waals surface area contributed by atoms with Gasteiger partial charge in [-0.2, -0.15) is 0 Å². The van der Waals surface area contributed by atoms with Crippen molar-refractivity contribution in [1.82, 2.24) is 9.88 Å². The highest BCUT2D eigenvalue weighted by molar-refractivity contribution is 7.89. The first kappa shape index (κ1) is 13.3. The van der Waals surface area contributed by atoms with E-state index < -0.39 is 10.0 Å². The first-order valence-electron chi connectivity index (χ1n) is 5.69. The van der Waals surface area contributed by atoms with Gasteiger partial charge in [-0.1, -0.05) is 12.1 Å². The number of nitrogens with zero attached hydrogens (tertiary/aromatic N) is 1. The van der Waals surface area contributed by atoms with Gasteiger partial charge >= 0.3 is 0 Å². The van der Waals surface area contributed by atoms with Crippen molar-refractivity contribution in [3.8, 4) is 0 Å². The van der Waals surface area contributed by atoms with Crippen LogP contribution in [0.3, 0.4) is 0 Å². The molecule has 2 rings (SSSR count). The second kappa shape index (κ2) is 4.52. The highest BCUT2D eigenvalue weighted by atomic mass is 32.2. The van der Waals surface area contributed by atoms with Gasteiger partial charge in [0.05, 0.1) is 13.2 Å². The summed E-state index contributed by atoms with van der Waals surface area (Å²) in [5, 5.41) is 3.44. The third kappa shape index (κ3) is 2.23. The molecule has 1 fully saturated rings. The van der Waals surface area contributed by atoms with E-state index in [4.69, 9.17) is 15.0 Å². The summed E-state index contributed by atoms with van der Waals surface area (Å²) in [5.41, 5.74) is 5.39. The summed E-state index contributed by atoms with van der Waals surface area (Å²) in [6.07, 6.45) is 0.855. The summed E-state index contributed by atoms with van der Waals surface area (Å²) < 4.78 is 36.7. The van der Waals surface area contributed by atoms with E-state index in [1.165, 1.54) is 6.92 Å². The number of nitrogen functional groups attached to an aromatic ring is 1. The summed E-state index contributed by atoms with van der Waals surface area (Å²) in [7, 11) is -3.68. The second-order valence-electron chi connectivity index (χ2n) is 4.62. The molecule has 0 aromatic carbocycles. The lowest BCUT2D eigenvalue weighted by atomic mass is 9.83. The summed E-state index contributed by atoms with van der Waals surface area (Å²) >= 11 is 0. The average Bonchev–Trinajstić information content (AvgIpc) is 2.58. The highest BCUT2D eigenvalue weighted by Crippen LogP contribution is 2.31. The number of sulfonamides is 1. The fraction of sp³-hybridized carbons (Fsp3) is 0.700. The molecule has 1 aliphatic rings. The van der Waals surface area contributed by atoms with Crippen LogP contribution in [0, 0.1) is 12.3 Å². The van der Waals surface area contributed by atoms with Gasteiger partial charge < -0.3 is 15.0 Å². The number of nitrogens with one attached hydrogen (secondary N) is 1. The Morgan fingerprint density at radius 1 is 1.50 bits per heavy atom. The van der Waals surface area contributed by atoms with Gasteiger partial charge in [0.25, 0.3) is 0 Å². The van der Waals surface area contributed by atoms with Crippen LogP contribution >= 0.6 is 0 Å². The van der Waals surface area contributed by atoms with Gasteiger partial charge in [0.2, 0.25) is 10.0 Å². The molecule has 18 heavy (non-hydrogen) atoms. The lowest BCUT2D eigenvalue weighted by molar-refractivity contribution is -0.110. The Labute approximate surface area is 106 Å². The number of rotatable bonds is 5. The van der Waals surface area contributed by atoms with E-state index in [1.54, 1.807) is 0 Å². The maximum atomic E-state index is 12.1. The predicted molar refractivity (Wildman–Crippen MR) is 64.4 cm³/mol. The van der Waals surface area contributed by atoms with E-state index in [0.29, 0.717) is 19.8 Å². The molecule has 2 heterocycles. The Morgan fingerprint density at radius 2 is 2.17 bits per heavy atom. The van der Waals surface area contributed by atoms with E-state index in [0.717, 1.165) is 6.42 Å². The summed E-state index contributed by atoms with van der Waals surface area (Å²) in [6, 6.07) is 0. The summed E-state index contributed by atoms with van der Waals surface area (Å²) in [6.45, 7) is 5.00. The van der Waals surface area contributed by atoms with Crippen molar-refractivity contribution >= 4 is 15.8 Å². The molecular formula is C10H17N3O4S. The Kier molecular flexibility index (Phi) is 3.35. The fourth-order valence-corrected chi connectivity index (χ4v) is 3.22.